The van der Waals surface area contributed by atoms with Gasteiger partial charge in [0, 0.05) is 5.56 Å². The summed E-state index contributed by atoms with van der Waals surface area (Å²) in [6.45, 7) is 2.81. The molecular weight excluding hydrogens is 330 g/mol. The van der Waals surface area contributed by atoms with Gasteiger partial charge in [-0.15, -0.1) is 0 Å². The Labute approximate surface area is 156 Å². The van der Waals surface area contributed by atoms with E-state index in [1.165, 1.54) is 51.4 Å². The number of epoxide rings is 1. The quantitative estimate of drug-likeness (QED) is 0.524. The molecule has 1 nitrogen and oxygen atoms in total. The second-order valence-electron chi connectivity index (χ2n) is 8.92. The summed E-state index contributed by atoms with van der Waals surface area (Å²) in [6, 6.07) is 1.87. The van der Waals surface area contributed by atoms with Gasteiger partial charge >= 0.3 is 0 Å². The van der Waals surface area contributed by atoms with E-state index < -0.39 is 11.6 Å². The molecule has 1 saturated heterocycles. The molecule has 2 fully saturated rings. The summed E-state index contributed by atoms with van der Waals surface area (Å²) in [5, 5.41) is 0. The first-order valence-corrected chi connectivity index (χ1v) is 10.8. The van der Waals surface area contributed by atoms with Gasteiger partial charge in [-0.25, -0.2) is 8.78 Å². The predicted molar refractivity (Wildman–Crippen MR) is 100 cm³/mol. The zero-order valence-electron chi connectivity index (χ0n) is 16.0. The lowest BCUT2D eigenvalue weighted by atomic mass is 9.75. The topological polar surface area (TPSA) is 12.5 Å². The molecule has 2 aliphatic carbocycles. The minimum absolute atomic E-state index is 0.213. The highest BCUT2D eigenvalue weighted by molar-refractivity contribution is 5.38. The van der Waals surface area contributed by atoms with E-state index in [1.54, 1.807) is 0 Å². The van der Waals surface area contributed by atoms with Gasteiger partial charge in [-0.3, -0.25) is 0 Å². The number of benzene rings is 1. The third-order valence-corrected chi connectivity index (χ3v) is 7.07. The van der Waals surface area contributed by atoms with Gasteiger partial charge in [0.25, 0.3) is 0 Å². The van der Waals surface area contributed by atoms with Crippen LogP contribution in [0.4, 0.5) is 8.78 Å². The Kier molecular flexibility index (Phi) is 5.63. The molecule has 4 rings (SSSR count). The van der Waals surface area contributed by atoms with Gasteiger partial charge in [0.2, 0.25) is 0 Å². The van der Waals surface area contributed by atoms with Crippen molar-refractivity contribution >= 4 is 0 Å². The normalized spacial score (nSPS) is 30.9. The second kappa shape index (κ2) is 7.96. The maximum absolute atomic E-state index is 14.6. The Morgan fingerprint density at radius 2 is 1.58 bits per heavy atom. The van der Waals surface area contributed by atoms with Crippen LogP contribution in [0.2, 0.25) is 0 Å². The molecule has 1 saturated carbocycles. The zero-order valence-corrected chi connectivity index (χ0v) is 16.0. The minimum Gasteiger partial charge on any atom is -0.368 e. The van der Waals surface area contributed by atoms with E-state index in [2.05, 4.69) is 6.92 Å². The lowest BCUT2D eigenvalue weighted by Crippen LogP contribution is -2.20. The van der Waals surface area contributed by atoms with E-state index in [9.17, 15) is 8.78 Å². The van der Waals surface area contributed by atoms with Crippen LogP contribution in [0.3, 0.4) is 0 Å². The highest BCUT2D eigenvalue weighted by Crippen LogP contribution is 2.40. The van der Waals surface area contributed by atoms with E-state index in [4.69, 9.17) is 4.74 Å². The number of hydrogen-bond donors (Lipinski definition) is 0. The molecule has 3 aliphatic rings. The minimum atomic E-state index is -0.666. The summed E-state index contributed by atoms with van der Waals surface area (Å²) in [4.78, 5) is 0. The van der Waals surface area contributed by atoms with Crippen molar-refractivity contribution < 1.29 is 13.5 Å². The van der Waals surface area contributed by atoms with Crippen molar-refractivity contribution in [2.75, 3.05) is 6.61 Å². The molecule has 3 heteroatoms. The summed E-state index contributed by atoms with van der Waals surface area (Å²) in [5.74, 6) is 1.08. The van der Waals surface area contributed by atoms with Crippen molar-refractivity contribution in [1.29, 1.82) is 0 Å². The van der Waals surface area contributed by atoms with Gasteiger partial charge in [0.1, 0.15) is 6.10 Å². The van der Waals surface area contributed by atoms with Crippen molar-refractivity contribution in [3.8, 4) is 0 Å². The molecular formula is C23H32F2O. The van der Waals surface area contributed by atoms with Crippen LogP contribution in [0, 0.1) is 29.4 Å². The van der Waals surface area contributed by atoms with Crippen LogP contribution in [0.5, 0.6) is 0 Å². The average molecular weight is 363 g/mol. The summed E-state index contributed by atoms with van der Waals surface area (Å²) >= 11 is 0. The van der Waals surface area contributed by atoms with Gasteiger partial charge in [-0.05, 0) is 60.6 Å². The molecule has 1 aromatic rings. The molecule has 2 atom stereocenters. The second-order valence-corrected chi connectivity index (χ2v) is 8.92. The van der Waals surface area contributed by atoms with Crippen LogP contribution in [0.15, 0.2) is 6.07 Å². The van der Waals surface area contributed by atoms with Crippen LogP contribution in [0.1, 0.15) is 87.5 Å². The third-order valence-electron chi connectivity index (χ3n) is 7.07. The van der Waals surface area contributed by atoms with Crippen LogP contribution in [-0.4, -0.2) is 6.61 Å². The standard InChI is InChI=1S/C23H32F2O/c1-2-3-15-4-6-16(7-5-15)8-9-17-10-11-18-13-20(21-14-26-21)23(25)22(24)19(18)12-17/h13,15-17,21H,2-12,14H2,1H3/t15?,16?,17?,21-/m0/s1. The molecule has 0 bridgehead atoms. The van der Waals surface area contributed by atoms with E-state index in [1.807, 2.05) is 6.07 Å². The lowest BCUT2D eigenvalue weighted by molar-refractivity contribution is 0.235. The number of aryl methyl sites for hydroxylation is 1. The Bertz CT molecular complexity index is 630. The van der Waals surface area contributed by atoms with E-state index in [-0.39, 0.29) is 6.10 Å². The lowest BCUT2D eigenvalue weighted by Gasteiger charge is -2.31. The Morgan fingerprint density at radius 1 is 0.923 bits per heavy atom. The van der Waals surface area contributed by atoms with Crippen molar-refractivity contribution in [3.63, 3.8) is 0 Å². The first-order valence-electron chi connectivity index (χ1n) is 10.8. The Hall–Kier alpha value is -0.960. The predicted octanol–water partition coefficient (Wildman–Crippen LogP) is 6.53. The number of rotatable bonds is 6. The molecule has 1 heterocycles. The van der Waals surface area contributed by atoms with Crippen molar-refractivity contribution in [1.82, 2.24) is 0 Å². The van der Waals surface area contributed by atoms with E-state index in [0.717, 1.165) is 36.7 Å². The number of halogens is 2. The first kappa shape index (κ1) is 18.4. The maximum Gasteiger partial charge on any atom is 0.165 e. The smallest absolute Gasteiger partial charge is 0.165 e. The highest BCUT2D eigenvalue weighted by Gasteiger charge is 2.33. The first-order chi connectivity index (χ1) is 12.7. The van der Waals surface area contributed by atoms with Gasteiger partial charge in [0.15, 0.2) is 11.6 Å². The molecule has 0 radical (unpaired) electrons. The summed E-state index contributed by atoms with van der Waals surface area (Å²) < 4.78 is 34.1. The maximum atomic E-state index is 14.6. The molecule has 1 aliphatic heterocycles. The molecule has 0 spiro atoms. The fourth-order valence-electron chi connectivity index (χ4n) is 5.33. The highest BCUT2D eigenvalue weighted by atomic mass is 19.2. The SMILES string of the molecule is CCCC1CCC(CCC2CCc3cc([C@@H]4CO4)c(F)c(F)c3C2)CC1. The summed E-state index contributed by atoms with van der Waals surface area (Å²) in [5.41, 5.74) is 2.10. The molecule has 144 valence electrons. The van der Waals surface area contributed by atoms with Crippen molar-refractivity contribution in [2.45, 2.75) is 83.7 Å². The van der Waals surface area contributed by atoms with E-state index >= 15 is 0 Å². The third kappa shape index (κ3) is 3.98. The average Bonchev–Trinajstić information content (AvgIpc) is 3.49. The summed E-state index contributed by atoms with van der Waals surface area (Å²) in [6.07, 6.45) is 13.2. The molecule has 1 unspecified atom stereocenters. The van der Waals surface area contributed by atoms with Gasteiger partial charge in [-0.2, -0.15) is 0 Å². The number of ether oxygens (including phenoxy) is 1. The molecule has 0 aromatic heterocycles. The number of fused-ring (bicyclic) bond motifs is 1. The Balaban J connectivity index is 1.32. The summed E-state index contributed by atoms with van der Waals surface area (Å²) in [7, 11) is 0. The molecule has 26 heavy (non-hydrogen) atoms. The van der Waals surface area contributed by atoms with Crippen molar-refractivity contribution in [3.05, 3.63) is 34.4 Å². The number of hydrogen-bond acceptors (Lipinski definition) is 1. The fraction of sp³-hybridized carbons (Fsp3) is 0.739. The van der Waals surface area contributed by atoms with E-state index in [0.29, 0.717) is 23.7 Å². The van der Waals surface area contributed by atoms with Gasteiger partial charge in [-0.1, -0.05) is 51.9 Å². The van der Waals surface area contributed by atoms with Gasteiger partial charge < -0.3 is 4.74 Å². The van der Waals surface area contributed by atoms with Crippen LogP contribution in [-0.2, 0) is 17.6 Å². The molecule has 0 amide bonds. The molecule has 1 aromatic carbocycles. The van der Waals surface area contributed by atoms with Gasteiger partial charge in [0.05, 0.1) is 6.61 Å². The van der Waals surface area contributed by atoms with Crippen molar-refractivity contribution in [2.24, 2.45) is 17.8 Å². The van der Waals surface area contributed by atoms with Crippen LogP contribution in [0.25, 0.3) is 0 Å². The van der Waals surface area contributed by atoms with Crippen LogP contribution >= 0.6 is 0 Å². The molecule has 0 N–H and O–H groups in total. The Morgan fingerprint density at radius 3 is 2.23 bits per heavy atom. The fourth-order valence-corrected chi connectivity index (χ4v) is 5.33. The van der Waals surface area contributed by atoms with Crippen LogP contribution < -0.4 is 0 Å². The largest absolute Gasteiger partial charge is 0.368 e. The monoisotopic (exact) mass is 362 g/mol. The zero-order chi connectivity index (χ0) is 18.1.